The number of hydrogen-bond donors (Lipinski definition) is 1. The smallest absolute Gasteiger partial charge is 0.336 e. The molecule has 1 aliphatic carbocycles. The fourth-order valence-electron chi connectivity index (χ4n) is 4.46. The predicted molar refractivity (Wildman–Crippen MR) is 106 cm³/mol. The average Bonchev–Trinajstić information content (AvgIpc) is 3.19. The highest BCUT2D eigenvalue weighted by atomic mass is 16.6. The lowest BCUT2D eigenvalue weighted by molar-refractivity contribution is -0.142. The van der Waals surface area contributed by atoms with Gasteiger partial charge in [-0.3, -0.25) is 4.79 Å². The highest BCUT2D eigenvalue weighted by Gasteiger charge is 2.39. The highest BCUT2D eigenvalue weighted by molar-refractivity contribution is 6.03. The zero-order valence-corrected chi connectivity index (χ0v) is 16.5. The maximum Gasteiger partial charge on any atom is 0.336 e. The van der Waals surface area contributed by atoms with Gasteiger partial charge in [0.15, 0.2) is 5.78 Å². The molecule has 5 nitrogen and oxygen atoms in total. The second-order valence-corrected chi connectivity index (χ2v) is 7.91. The van der Waals surface area contributed by atoms with Gasteiger partial charge in [-0.1, -0.05) is 29.8 Å². The molecule has 0 spiro atoms. The average molecular weight is 381 g/mol. The van der Waals surface area contributed by atoms with Gasteiger partial charge in [0.05, 0.1) is 11.7 Å². The Morgan fingerprint density at radius 2 is 2.11 bits per heavy atom. The van der Waals surface area contributed by atoms with Gasteiger partial charge in [-0.05, 0) is 45.1 Å². The van der Waals surface area contributed by atoms with E-state index < -0.39 is 0 Å². The van der Waals surface area contributed by atoms with E-state index in [1.54, 1.807) is 0 Å². The van der Waals surface area contributed by atoms with E-state index in [2.05, 4.69) is 11.4 Å². The second kappa shape index (κ2) is 7.92. The van der Waals surface area contributed by atoms with Crippen LogP contribution in [0.4, 0.5) is 0 Å². The van der Waals surface area contributed by atoms with Crippen molar-refractivity contribution in [1.82, 2.24) is 5.32 Å². The lowest BCUT2D eigenvalue weighted by Crippen LogP contribution is -2.35. The SMILES string of the molecule is CC1=C(C(=O)OC[C@H]2CCCO2)[C@H](c2cccc(C)c2)C2=C(CCCC2=O)N1. The largest absolute Gasteiger partial charge is 0.459 e. The Bertz CT molecular complexity index is 861. The standard InChI is InChI=1S/C23H27NO4/c1-14-6-3-7-16(12-14)21-20(23(26)28-13-17-8-5-11-27-17)15(2)24-18-9-4-10-19(25)22(18)21/h3,6-7,12,17,21,24H,4-5,8-11,13H2,1-2H3/t17-,21+/m1/s1. The molecule has 1 aromatic rings. The number of dihydropyridines is 1. The van der Waals surface area contributed by atoms with Gasteiger partial charge < -0.3 is 14.8 Å². The molecule has 0 unspecified atom stereocenters. The molecule has 2 atom stereocenters. The van der Waals surface area contributed by atoms with Crippen molar-refractivity contribution in [1.29, 1.82) is 0 Å². The molecule has 0 bridgehead atoms. The topological polar surface area (TPSA) is 64.6 Å². The molecule has 2 heterocycles. The van der Waals surface area contributed by atoms with Crippen LogP contribution in [0.1, 0.15) is 56.1 Å². The lowest BCUT2D eigenvalue weighted by atomic mass is 9.75. The van der Waals surface area contributed by atoms with Crippen LogP contribution in [0.25, 0.3) is 0 Å². The van der Waals surface area contributed by atoms with Gasteiger partial charge in [0.1, 0.15) is 6.61 Å². The van der Waals surface area contributed by atoms with Gasteiger partial charge in [0.2, 0.25) is 0 Å². The van der Waals surface area contributed by atoms with Crippen molar-refractivity contribution in [2.24, 2.45) is 0 Å². The van der Waals surface area contributed by atoms with E-state index in [4.69, 9.17) is 9.47 Å². The Hall–Kier alpha value is -2.40. The number of benzene rings is 1. The quantitative estimate of drug-likeness (QED) is 0.806. The number of nitrogens with one attached hydrogen (secondary N) is 1. The van der Waals surface area contributed by atoms with Crippen molar-refractivity contribution in [2.75, 3.05) is 13.2 Å². The molecule has 0 amide bonds. The summed E-state index contributed by atoms with van der Waals surface area (Å²) in [6.07, 6.45) is 4.10. The van der Waals surface area contributed by atoms with Crippen LogP contribution in [0.2, 0.25) is 0 Å². The highest BCUT2D eigenvalue weighted by Crippen LogP contribution is 2.42. The molecule has 2 aliphatic heterocycles. The van der Waals surface area contributed by atoms with Crippen LogP contribution in [0.15, 0.2) is 46.8 Å². The number of allylic oxidation sites excluding steroid dienone is 3. The van der Waals surface area contributed by atoms with Crippen LogP contribution < -0.4 is 5.32 Å². The van der Waals surface area contributed by atoms with E-state index in [0.29, 0.717) is 12.0 Å². The van der Waals surface area contributed by atoms with Crippen molar-refractivity contribution in [2.45, 2.75) is 58.0 Å². The van der Waals surface area contributed by atoms with Crippen LogP contribution in [0, 0.1) is 6.92 Å². The molecule has 28 heavy (non-hydrogen) atoms. The molecule has 1 N–H and O–H groups in total. The molecule has 3 aliphatic rings. The third-order valence-electron chi connectivity index (χ3n) is 5.80. The third-order valence-corrected chi connectivity index (χ3v) is 5.80. The summed E-state index contributed by atoms with van der Waals surface area (Å²) in [6, 6.07) is 8.05. The van der Waals surface area contributed by atoms with Crippen LogP contribution >= 0.6 is 0 Å². The predicted octanol–water partition coefficient (Wildman–Crippen LogP) is 3.69. The van der Waals surface area contributed by atoms with Crippen LogP contribution in [-0.2, 0) is 19.1 Å². The van der Waals surface area contributed by atoms with Crippen molar-refractivity contribution in [3.63, 3.8) is 0 Å². The Morgan fingerprint density at radius 1 is 1.25 bits per heavy atom. The van der Waals surface area contributed by atoms with Gasteiger partial charge in [-0.2, -0.15) is 0 Å². The number of carbonyl (C=O) groups excluding carboxylic acids is 2. The first-order chi connectivity index (χ1) is 13.5. The zero-order chi connectivity index (χ0) is 19.7. The summed E-state index contributed by atoms with van der Waals surface area (Å²) in [5.41, 5.74) is 5.07. The summed E-state index contributed by atoms with van der Waals surface area (Å²) >= 11 is 0. The van der Waals surface area contributed by atoms with Gasteiger partial charge in [0.25, 0.3) is 0 Å². The number of rotatable bonds is 4. The van der Waals surface area contributed by atoms with E-state index in [9.17, 15) is 9.59 Å². The molecule has 0 saturated carbocycles. The molecular formula is C23H27NO4. The number of Topliss-reactive ketones (excluding diaryl/α,β-unsaturated/α-hetero) is 1. The molecule has 1 aromatic carbocycles. The first-order valence-corrected chi connectivity index (χ1v) is 10.1. The minimum Gasteiger partial charge on any atom is -0.459 e. The van der Waals surface area contributed by atoms with E-state index in [0.717, 1.165) is 60.4 Å². The molecule has 0 radical (unpaired) electrons. The summed E-state index contributed by atoms with van der Waals surface area (Å²) < 4.78 is 11.2. The van der Waals surface area contributed by atoms with Crippen molar-refractivity contribution < 1.29 is 19.1 Å². The molecule has 148 valence electrons. The van der Waals surface area contributed by atoms with Gasteiger partial charge in [0, 0.05) is 35.9 Å². The summed E-state index contributed by atoms with van der Waals surface area (Å²) in [5.74, 6) is -0.616. The minimum atomic E-state index is -0.374. The zero-order valence-electron chi connectivity index (χ0n) is 16.5. The fourth-order valence-corrected chi connectivity index (χ4v) is 4.46. The number of carbonyl (C=O) groups is 2. The Kier molecular flexibility index (Phi) is 5.36. The van der Waals surface area contributed by atoms with Crippen LogP contribution in [0.5, 0.6) is 0 Å². The molecule has 5 heteroatoms. The van der Waals surface area contributed by atoms with E-state index >= 15 is 0 Å². The minimum absolute atomic E-state index is 0.0232. The Morgan fingerprint density at radius 3 is 2.86 bits per heavy atom. The summed E-state index contributed by atoms with van der Waals surface area (Å²) in [7, 11) is 0. The van der Waals surface area contributed by atoms with E-state index in [1.807, 2.05) is 32.0 Å². The Labute approximate surface area is 165 Å². The van der Waals surface area contributed by atoms with Crippen molar-refractivity contribution in [3.05, 3.63) is 57.9 Å². The molecular weight excluding hydrogens is 354 g/mol. The van der Waals surface area contributed by atoms with Gasteiger partial charge in [-0.15, -0.1) is 0 Å². The molecule has 1 fully saturated rings. The summed E-state index contributed by atoms with van der Waals surface area (Å²) in [4.78, 5) is 26.0. The summed E-state index contributed by atoms with van der Waals surface area (Å²) in [5, 5.41) is 3.33. The second-order valence-electron chi connectivity index (χ2n) is 7.91. The number of ketones is 1. The monoisotopic (exact) mass is 381 g/mol. The molecule has 0 aromatic heterocycles. The first-order valence-electron chi connectivity index (χ1n) is 10.1. The molecule has 1 saturated heterocycles. The van der Waals surface area contributed by atoms with Crippen molar-refractivity contribution in [3.8, 4) is 0 Å². The summed E-state index contributed by atoms with van der Waals surface area (Å²) in [6.45, 7) is 4.90. The number of ether oxygens (including phenoxy) is 2. The van der Waals surface area contributed by atoms with Crippen LogP contribution in [-0.4, -0.2) is 31.1 Å². The van der Waals surface area contributed by atoms with E-state index in [1.165, 1.54) is 0 Å². The third kappa shape index (κ3) is 3.63. The van der Waals surface area contributed by atoms with Crippen molar-refractivity contribution >= 4 is 11.8 Å². The number of esters is 1. The van der Waals surface area contributed by atoms with Crippen LogP contribution in [0.3, 0.4) is 0 Å². The van der Waals surface area contributed by atoms with Gasteiger partial charge >= 0.3 is 5.97 Å². The van der Waals surface area contributed by atoms with E-state index in [-0.39, 0.29) is 30.4 Å². The first kappa shape index (κ1) is 18.9. The van der Waals surface area contributed by atoms with Gasteiger partial charge in [-0.25, -0.2) is 4.79 Å². The normalized spacial score (nSPS) is 24.9. The number of hydrogen-bond acceptors (Lipinski definition) is 5. The molecule has 4 rings (SSSR count). The lowest BCUT2D eigenvalue weighted by Gasteiger charge is -2.34. The maximum atomic E-state index is 13.1. The maximum absolute atomic E-state index is 13.1. The number of aryl methyl sites for hydroxylation is 1. The Balaban J connectivity index is 1.69. The fraction of sp³-hybridized carbons (Fsp3) is 0.478.